The first-order valence-electron chi connectivity index (χ1n) is 6.34. The number of nitrogens with zero attached hydrogens (tertiary/aromatic N) is 2. The maximum absolute atomic E-state index is 12.1. The van der Waals surface area contributed by atoms with Gasteiger partial charge in [-0.2, -0.15) is 0 Å². The molecule has 2 heterocycles. The van der Waals surface area contributed by atoms with Crippen molar-refractivity contribution in [1.82, 2.24) is 10.2 Å². The highest BCUT2D eigenvalue weighted by molar-refractivity contribution is 7.15. The molecule has 1 N–H and O–H groups in total. The zero-order chi connectivity index (χ0) is 13.5. The minimum absolute atomic E-state index is 0.196. The van der Waals surface area contributed by atoms with Crippen molar-refractivity contribution in [3.8, 4) is 11.5 Å². The number of rotatable bonds is 3. The van der Waals surface area contributed by atoms with Crippen molar-refractivity contribution in [2.45, 2.75) is 18.8 Å². The van der Waals surface area contributed by atoms with Gasteiger partial charge in [0, 0.05) is 11.5 Å². The topological polar surface area (TPSA) is 73.3 Å². The lowest BCUT2D eigenvalue weighted by atomic mass is 10.2. The first-order chi connectivity index (χ1) is 9.79. The van der Waals surface area contributed by atoms with Crippen LogP contribution < -0.4 is 14.8 Å². The fraction of sp³-hybridized carbons (Fsp3) is 0.308. The van der Waals surface area contributed by atoms with Crippen LogP contribution in [0.15, 0.2) is 18.2 Å². The van der Waals surface area contributed by atoms with Crippen molar-refractivity contribution in [1.29, 1.82) is 0 Å². The van der Waals surface area contributed by atoms with E-state index in [4.69, 9.17) is 9.47 Å². The molecular formula is C13H11N3O3S. The molecule has 6 nitrogen and oxygen atoms in total. The predicted molar refractivity (Wildman–Crippen MR) is 72.4 cm³/mol. The summed E-state index contributed by atoms with van der Waals surface area (Å²) in [5, 5.41) is 12.4. The first-order valence-corrected chi connectivity index (χ1v) is 7.15. The molecule has 0 unspecified atom stereocenters. The Morgan fingerprint density at radius 3 is 2.95 bits per heavy atom. The summed E-state index contributed by atoms with van der Waals surface area (Å²) >= 11 is 1.44. The van der Waals surface area contributed by atoms with Gasteiger partial charge in [0.05, 0.1) is 0 Å². The molecule has 0 radical (unpaired) electrons. The molecule has 1 amide bonds. The number of ether oxygens (including phenoxy) is 2. The van der Waals surface area contributed by atoms with Gasteiger partial charge in [-0.15, -0.1) is 10.2 Å². The van der Waals surface area contributed by atoms with Gasteiger partial charge in [-0.1, -0.05) is 11.3 Å². The van der Waals surface area contributed by atoms with Crippen LogP contribution in [0.2, 0.25) is 0 Å². The number of benzene rings is 1. The summed E-state index contributed by atoms with van der Waals surface area (Å²) in [4.78, 5) is 12.1. The lowest BCUT2D eigenvalue weighted by molar-refractivity contribution is 0.102. The molecule has 1 saturated carbocycles. The number of nitrogens with one attached hydrogen (secondary N) is 1. The Kier molecular flexibility index (Phi) is 2.59. The maximum Gasteiger partial charge on any atom is 0.257 e. The van der Waals surface area contributed by atoms with Crippen LogP contribution in [-0.2, 0) is 0 Å². The van der Waals surface area contributed by atoms with Gasteiger partial charge in [0.15, 0.2) is 11.5 Å². The van der Waals surface area contributed by atoms with Crippen LogP contribution >= 0.6 is 11.3 Å². The number of hydrogen-bond acceptors (Lipinski definition) is 6. The van der Waals surface area contributed by atoms with Gasteiger partial charge in [0.25, 0.3) is 5.91 Å². The van der Waals surface area contributed by atoms with Crippen LogP contribution in [0.4, 0.5) is 5.13 Å². The second-order valence-electron chi connectivity index (χ2n) is 4.74. The molecule has 0 atom stereocenters. The highest BCUT2D eigenvalue weighted by Crippen LogP contribution is 2.42. The number of carbonyl (C=O) groups is 1. The highest BCUT2D eigenvalue weighted by atomic mass is 32.1. The quantitative estimate of drug-likeness (QED) is 0.939. The van der Waals surface area contributed by atoms with Crippen LogP contribution in [-0.4, -0.2) is 22.9 Å². The zero-order valence-corrected chi connectivity index (χ0v) is 11.3. The average Bonchev–Trinajstić information content (AvgIpc) is 3.02. The normalized spacial score (nSPS) is 16.2. The summed E-state index contributed by atoms with van der Waals surface area (Å²) in [7, 11) is 0. The number of anilines is 1. The Morgan fingerprint density at radius 2 is 2.10 bits per heavy atom. The summed E-state index contributed by atoms with van der Waals surface area (Å²) in [6.07, 6.45) is 2.34. The third-order valence-electron chi connectivity index (χ3n) is 3.22. The molecule has 0 saturated heterocycles. The van der Waals surface area contributed by atoms with Gasteiger partial charge in [-0.05, 0) is 31.0 Å². The smallest absolute Gasteiger partial charge is 0.257 e. The molecule has 20 heavy (non-hydrogen) atoms. The minimum Gasteiger partial charge on any atom is -0.454 e. The van der Waals surface area contributed by atoms with Crippen molar-refractivity contribution in [3.05, 3.63) is 28.8 Å². The van der Waals surface area contributed by atoms with Crippen molar-refractivity contribution < 1.29 is 14.3 Å². The van der Waals surface area contributed by atoms with Crippen LogP contribution in [0, 0.1) is 0 Å². The van der Waals surface area contributed by atoms with Crippen molar-refractivity contribution in [2.24, 2.45) is 0 Å². The summed E-state index contributed by atoms with van der Waals surface area (Å²) in [6, 6.07) is 5.10. The standard InChI is InChI=1S/C13H11N3O3S/c17-11(8-3-4-9-10(5-8)19-6-18-9)14-13-16-15-12(20-13)7-1-2-7/h3-5,7H,1-2,6H2,(H,14,16,17). The van der Waals surface area contributed by atoms with E-state index in [0.717, 1.165) is 5.01 Å². The van der Waals surface area contributed by atoms with E-state index in [1.54, 1.807) is 18.2 Å². The van der Waals surface area contributed by atoms with E-state index in [-0.39, 0.29) is 12.7 Å². The Hall–Kier alpha value is -2.15. The third kappa shape index (κ3) is 2.09. The molecule has 102 valence electrons. The second-order valence-corrected chi connectivity index (χ2v) is 5.75. The number of carbonyl (C=O) groups excluding carboxylic acids is 1. The lowest BCUT2D eigenvalue weighted by Crippen LogP contribution is -2.11. The number of fused-ring (bicyclic) bond motifs is 1. The van der Waals surface area contributed by atoms with E-state index < -0.39 is 0 Å². The molecule has 2 aromatic rings. The molecule has 4 rings (SSSR count). The molecule has 7 heteroatoms. The van der Waals surface area contributed by atoms with E-state index >= 15 is 0 Å². The molecule has 2 aliphatic rings. The molecule has 0 spiro atoms. The summed E-state index contributed by atoms with van der Waals surface area (Å²) in [5.41, 5.74) is 0.512. The largest absolute Gasteiger partial charge is 0.454 e. The van der Waals surface area contributed by atoms with Crippen LogP contribution in [0.1, 0.15) is 34.1 Å². The maximum atomic E-state index is 12.1. The Labute approximate surface area is 118 Å². The first kappa shape index (κ1) is 11.7. The highest BCUT2D eigenvalue weighted by Gasteiger charge is 2.28. The van der Waals surface area contributed by atoms with Crippen molar-refractivity contribution in [3.63, 3.8) is 0 Å². The summed E-state index contributed by atoms with van der Waals surface area (Å²) in [6.45, 7) is 0.196. The lowest BCUT2D eigenvalue weighted by Gasteiger charge is -2.02. The van der Waals surface area contributed by atoms with E-state index in [2.05, 4.69) is 15.5 Å². The minimum atomic E-state index is -0.221. The average molecular weight is 289 g/mol. The van der Waals surface area contributed by atoms with Gasteiger partial charge < -0.3 is 9.47 Å². The van der Waals surface area contributed by atoms with E-state index in [1.807, 2.05) is 0 Å². The Morgan fingerprint density at radius 1 is 1.25 bits per heavy atom. The SMILES string of the molecule is O=C(Nc1nnc(C2CC2)s1)c1ccc2c(c1)OCO2. The molecule has 1 fully saturated rings. The van der Waals surface area contributed by atoms with Gasteiger partial charge in [-0.25, -0.2) is 0 Å². The Balaban J connectivity index is 1.51. The van der Waals surface area contributed by atoms with Crippen LogP contribution in [0.3, 0.4) is 0 Å². The molecule has 1 aliphatic carbocycles. The molecule has 1 aromatic carbocycles. The van der Waals surface area contributed by atoms with Crippen molar-refractivity contribution in [2.75, 3.05) is 12.1 Å². The fourth-order valence-electron chi connectivity index (χ4n) is 1.99. The number of hydrogen-bond donors (Lipinski definition) is 1. The molecule has 1 aliphatic heterocycles. The van der Waals surface area contributed by atoms with Gasteiger partial charge in [0.2, 0.25) is 11.9 Å². The molecule has 1 aromatic heterocycles. The van der Waals surface area contributed by atoms with Gasteiger partial charge in [0.1, 0.15) is 5.01 Å². The Bertz CT molecular complexity index is 681. The second kappa shape index (κ2) is 4.45. The van der Waals surface area contributed by atoms with E-state index in [1.165, 1.54) is 24.2 Å². The molecular weight excluding hydrogens is 278 g/mol. The molecule has 0 bridgehead atoms. The van der Waals surface area contributed by atoms with Gasteiger partial charge in [-0.3, -0.25) is 10.1 Å². The van der Waals surface area contributed by atoms with Crippen molar-refractivity contribution >= 4 is 22.4 Å². The zero-order valence-electron chi connectivity index (χ0n) is 10.5. The third-order valence-corrected chi connectivity index (χ3v) is 4.22. The number of aromatic nitrogens is 2. The van der Waals surface area contributed by atoms with E-state index in [0.29, 0.717) is 28.1 Å². The summed E-state index contributed by atoms with van der Waals surface area (Å²) in [5.74, 6) is 1.58. The van der Waals surface area contributed by atoms with Crippen LogP contribution in [0.25, 0.3) is 0 Å². The predicted octanol–water partition coefficient (Wildman–Crippen LogP) is 2.40. The van der Waals surface area contributed by atoms with E-state index in [9.17, 15) is 4.79 Å². The summed E-state index contributed by atoms with van der Waals surface area (Å²) < 4.78 is 10.5. The van der Waals surface area contributed by atoms with Crippen LogP contribution in [0.5, 0.6) is 11.5 Å². The number of amides is 1. The fourth-order valence-corrected chi connectivity index (χ4v) is 2.89. The van der Waals surface area contributed by atoms with Gasteiger partial charge >= 0.3 is 0 Å². The monoisotopic (exact) mass is 289 g/mol.